The third kappa shape index (κ3) is 10.2. The minimum absolute atomic E-state index is 0.123. The molecule has 1 rings (SSSR count). The highest BCUT2D eigenvalue weighted by atomic mass is 32.2. The van der Waals surface area contributed by atoms with Crippen LogP contribution in [-0.2, 0) is 19.2 Å². The molecular formula is C24H42N2O4S. The zero-order valence-electron chi connectivity index (χ0n) is 20.6. The minimum atomic E-state index is -0.370. The first-order valence-electron chi connectivity index (χ1n) is 11.5. The molecule has 1 atom stereocenters. The summed E-state index contributed by atoms with van der Waals surface area (Å²) < 4.78 is 0. The van der Waals surface area contributed by atoms with Crippen LogP contribution in [0.4, 0.5) is 0 Å². The van der Waals surface area contributed by atoms with Crippen molar-refractivity contribution in [3.05, 3.63) is 0 Å². The van der Waals surface area contributed by atoms with E-state index >= 15 is 0 Å². The Morgan fingerprint density at radius 3 is 2.26 bits per heavy atom. The second-order valence-electron chi connectivity index (χ2n) is 10.8. The molecule has 6 nitrogen and oxygen atoms in total. The molecule has 178 valence electrons. The number of rotatable bonds is 12. The first kappa shape index (κ1) is 27.7. The van der Waals surface area contributed by atoms with E-state index in [2.05, 4.69) is 20.8 Å². The number of thioether (sulfide) groups is 1. The minimum Gasteiger partial charge on any atom is -0.346 e. The third-order valence-electron chi connectivity index (χ3n) is 5.58. The van der Waals surface area contributed by atoms with Crippen LogP contribution in [0.15, 0.2) is 0 Å². The van der Waals surface area contributed by atoms with Crippen LogP contribution in [0, 0.1) is 10.8 Å². The maximum atomic E-state index is 12.5. The number of carbonyl (C=O) groups is 4. The van der Waals surface area contributed by atoms with Gasteiger partial charge in [0.2, 0.25) is 17.7 Å². The van der Waals surface area contributed by atoms with Crippen molar-refractivity contribution in [1.29, 1.82) is 0 Å². The number of hydrogen-bond acceptors (Lipinski definition) is 5. The summed E-state index contributed by atoms with van der Waals surface area (Å²) in [7, 11) is 1.85. The van der Waals surface area contributed by atoms with Crippen LogP contribution in [-0.4, -0.2) is 64.4 Å². The van der Waals surface area contributed by atoms with Crippen LogP contribution < -0.4 is 0 Å². The molecule has 0 aromatic rings. The molecule has 1 saturated heterocycles. The summed E-state index contributed by atoms with van der Waals surface area (Å²) in [5, 5.41) is -0.363. The van der Waals surface area contributed by atoms with E-state index < -0.39 is 0 Å². The molecule has 1 aliphatic rings. The maximum Gasteiger partial charge on any atom is 0.242 e. The molecule has 0 saturated carbocycles. The number of nitrogens with zero attached hydrogens (tertiary/aromatic N) is 2. The lowest BCUT2D eigenvalue weighted by Crippen LogP contribution is -2.32. The number of Topliss-reactive ketones (excluding diaryl/α,β-unsaturated/α-hetero) is 1. The van der Waals surface area contributed by atoms with Gasteiger partial charge in [0, 0.05) is 50.6 Å². The summed E-state index contributed by atoms with van der Waals surface area (Å²) in [5.41, 5.74) is -0.160. The van der Waals surface area contributed by atoms with Gasteiger partial charge in [0.15, 0.2) is 0 Å². The molecule has 0 N–H and O–H groups in total. The molecule has 1 unspecified atom stereocenters. The van der Waals surface area contributed by atoms with Crippen molar-refractivity contribution >= 4 is 35.3 Å². The molecule has 0 bridgehead atoms. The zero-order chi connectivity index (χ0) is 23.8. The van der Waals surface area contributed by atoms with E-state index in [0.29, 0.717) is 25.1 Å². The highest BCUT2D eigenvalue weighted by Gasteiger charge is 2.38. The highest BCUT2D eigenvalue weighted by molar-refractivity contribution is 8.00. The molecule has 1 fully saturated rings. The fourth-order valence-corrected chi connectivity index (χ4v) is 4.35. The van der Waals surface area contributed by atoms with Gasteiger partial charge < -0.3 is 4.90 Å². The summed E-state index contributed by atoms with van der Waals surface area (Å²) in [6, 6.07) is 0. The van der Waals surface area contributed by atoms with E-state index in [1.54, 1.807) is 4.90 Å². The van der Waals surface area contributed by atoms with Gasteiger partial charge in [0.1, 0.15) is 5.78 Å². The van der Waals surface area contributed by atoms with Gasteiger partial charge in [-0.05, 0) is 24.7 Å². The van der Waals surface area contributed by atoms with Crippen molar-refractivity contribution in [2.45, 2.75) is 91.7 Å². The Bertz CT molecular complexity index is 649. The zero-order valence-corrected chi connectivity index (χ0v) is 21.4. The SMILES string of the molecule is CN(CCC(C)(C)C)C(=O)CCCCCN1C(=O)CC(SCCC(=O)C(C)(C)C)C1=O. The highest BCUT2D eigenvalue weighted by Crippen LogP contribution is 2.27. The van der Waals surface area contributed by atoms with E-state index in [9.17, 15) is 19.2 Å². The van der Waals surface area contributed by atoms with Crippen LogP contribution in [0.2, 0.25) is 0 Å². The van der Waals surface area contributed by atoms with Crippen molar-refractivity contribution in [3.63, 3.8) is 0 Å². The maximum absolute atomic E-state index is 12.5. The fourth-order valence-electron chi connectivity index (χ4n) is 3.23. The second-order valence-corrected chi connectivity index (χ2v) is 12.1. The van der Waals surface area contributed by atoms with Crippen LogP contribution in [0.1, 0.15) is 86.5 Å². The fraction of sp³-hybridized carbons (Fsp3) is 0.833. The van der Waals surface area contributed by atoms with E-state index in [-0.39, 0.29) is 46.0 Å². The number of amides is 3. The molecule has 0 aromatic carbocycles. The van der Waals surface area contributed by atoms with E-state index in [1.165, 1.54) is 16.7 Å². The standard InChI is InChI=1S/C24H42N2O4S/c1-23(2,3)13-15-25(7)20(28)11-9-8-10-14-26-21(29)17-18(22(26)30)31-16-12-19(27)24(4,5)6/h18H,8-17H2,1-7H3. The Morgan fingerprint density at radius 2 is 1.68 bits per heavy atom. The Labute approximate surface area is 192 Å². The number of unbranched alkanes of at least 4 members (excludes halogenated alkanes) is 2. The summed E-state index contributed by atoms with van der Waals surface area (Å²) in [4.78, 5) is 52.2. The van der Waals surface area contributed by atoms with E-state index in [1.807, 2.05) is 27.8 Å². The lowest BCUT2D eigenvalue weighted by Gasteiger charge is -2.23. The molecule has 1 aliphatic heterocycles. The van der Waals surface area contributed by atoms with Gasteiger partial charge in [-0.25, -0.2) is 0 Å². The molecule has 0 radical (unpaired) electrons. The molecule has 31 heavy (non-hydrogen) atoms. The van der Waals surface area contributed by atoms with E-state index in [0.717, 1.165) is 32.2 Å². The molecule has 0 aliphatic carbocycles. The van der Waals surface area contributed by atoms with Gasteiger partial charge >= 0.3 is 0 Å². The number of ketones is 1. The second kappa shape index (κ2) is 12.0. The van der Waals surface area contributed by atoms with E-state index in [4.69, 9.17) is 0 Å². The normalized spacial score (nSPS) is 17.4. The quantitative estimate of drug-likeness (QED) is 0.324. The van der Waals surface area contributed by atoms with Crippen molar-refractivity contribution in [3.8, 4) is 0 Å². The van der Waals surface area contributed by atoms with Gasteiger partial charge in [0.25, 0.3) is 0 Å². The lowest BCUT2D eigenvalue weighted by atomic mass is 9.89. The molecule has 1 heterocycles. The van der Waals surface area contributed by atoms with Crippen LogP contribution in [0.25, 0.3) is 0 Å². The first-order valence-corrected chi connectivity index (χ1v) is 12.5. The summed E-state index contributed by atoms with van der Waals surface area (Å²) in [6.45, 7) is 13.4. The largest absolute Gasteiger partial charge is 0.346 e. The number of hydrogen-bond donors (Lipinski definition) is 0. The summed E-state index contributed by atoms with van der Waals surface area (Å²) in [5.74, 6) is 0.642. The van der Waals surface area contributed by atoms with Gasteiger partial charge in [-0.1, -0.05) is 48.0 Å². The van der Waals surface area contributed by atoms with Crippen molar-refractivity contribution < 1.29 is 19.2 Å². The van der Waals surface area contributed by atoms with Crippen molar-refractivity contribution in [1.82, 2.24) is 9.80 Å². The topological polar surface area (TPSA) is 74.8 Å². The van der Waals surface area contributed by atoms with Crippen molar-refractivity contribution in [2.75, 3.05) is 25.9 Å². The van der Waals surface area contributed by atoms with Crippen LogP contribution in [0.5, 0.6) is 0 Å². The van der Waals surface area contributed by atoms with Crippen LogP contribution >= 0.6 is 11.8 Å². The monoisotopic (exact) mass is 454 g/mol. The predicted molar refractivity (Wildman–Crippen MR) is 127 cm³/mol. The number of carbonyl (C=O) groups excluding carboxylic acids is 4. The number of likely N-dealkylation sites (tertiary alicyclic amines) is 1. The van der Waals surface area contributed by atoms with Crippen molar-refractivity contribution in [2.24, 2.45) is 10.8 Å². The Balaban J connectivity index is 2.27. The predicted octanol–water partition coefficient (Wildman–Crippen LogP) is 4.31. The van der Waals surface area contributed by atoms with Gasteiger partial charge in [-0.2, -0.15) is 0 Å². The first-order chi connectivity index (χ1) is 14.2. The summed E-state index contributed by atoms with van der Waals surface area (Å²) in [6.07, 6.45) is 4.42. The Hall–Kier alpha value is -1.37. The number of imide groups is 1. The van der Waals surface area contributed by atoms with Gasteiger partial charge in [-0.3, -0.25) is 24.1 Å². The lowest BCUT2D eigenvalue weighted by molar-refractivity contribution is -0.138. The Kier molecular flexibility index (Phi) is 10.7. The smallest absolute Gasteiger partial charge is 0.242 e. The summed E-state index contributed by atoms with van der Waals surface area (Å²) >= 11 is 1.42. The third-order valence-corrected chi connectivity index (χ3v) is 6.79. The van der Waals surface area contributed by atoms with Gasteiger partial charge in [-0.15, -0.1) is 11.8 Å². The average Bonchev–Trinajstić information content (AvgIpc) is 2.91. The molecule has 7 heteroatoms. The van der Waals surface area contributed by atoms with Gasteiger partial charge in [0.05, 0.1) is 5.25 Å². The molecule has 0 aromatic heterocycles. The molecule has 3 amide bonds. The molecule has 0 spiro atoms. The molecular weight excluding hydrogens is 412 g/mol. The average molecular weight is 455 g/mol. The van der Waals surface area contributed by atoms with Crippen LogP contribution in [0.3, 0.4) is 0 Å². The Morgan fingerprint density at radius 1 is 1.03 bits per heavy atom.